The summed E-state index contributed by atoms with van der Waals surface area (Å²) in [5.41, 5.74) is 0.644. The molecule has 4 heteroatoms. The van der Waals surface area contributed by atoms with Crippen molar-refractivity contribution in [1.29, 1.82) is 0 Å². The van der Waals surface area contributed by atoms with E-state index in [0.717, 1.165) is 19.3 Å². The van der Waals surface area contributed by atoms with Crippen molar-refractivity contribution >= 4 is 23.2 Å². The van der Waals surface area contributed by atoms with E-state index < -0.39 is 0 Å². The summed E-state index contributed by atoms with van der Waals surface area (Å²) in [5, 5.41) is 3.46. The standard InChI is InChI=1S/C10H16N2OS/c1-3-5-6-7-8-9(13)12(4-2)10(14)11-8/h7H,3-6H2,1-2H3,(H,11,14)/b8-7+. The monoisotopic (exact) mass is 212 g/mol. The molecule has 0 aromatic heterocycles. The number of unbranched alkanes of at least 4 members (excludes halogenated alkanes) is 2. The van der Waals surface area contributed by atoms with E-state index in [2.05, 4.69) is 12.2 Å². The fourth-order valence-corrected chi connectivity index (χ4v) is 1.67. The zero-order chi connectivity index (χ0) is 10.6. The zero-order valence-corrected chi connectivity index (χ0v) is 9.49. The van der Waals surface area contributed by atoms with Crippen molar-refractivity contribution in [2.24, 2.45) is 0 Å². The van der Waals surface area contributed by atoms with Crippen LogP contribution in [0.1, 0.15) is 33.1 Å². The van der Waals surface area contributed by atoms with E-state index in [9.17, 15) is 4.79 Å². The minimum absolute atomic E-state index is 0.00797. The van der Waals surface area contributed by atoms with Crippen molar-refractivity contribution in [3.8, 4) is 0 Å². The average Bonchev–Trinajstić information content (AvgIpc) is 2.42. The predicted octanol–water partition coefficient (Wildman–Crippen LogP) is 1.80. The molecule has 0 bridgehead atoms. The Kier molecular flexibility index (Phi) is 4.07. The molecule has 0 spiro atoms. The molecular formula is C10H16N2OS. The third kappa shape index (κ3) is 2.32. The van der Waals surface area contributed by atoms with E-state index in [0.29, 0.717) is 17.4 Å². The largest absolute Gasteiger partial charge is 0.328 e. The van der Waals surface area contributed by atoms with Crippen molar-refractivity contribution in [3.05, 3.63) is 11.8 Å². The molecule has 1 fully saturated rings. The van der Waals surface area contributed by atoms with Crippen LogP contribution in [-0.2, 0) is 4.79 Å². The number of carbonyl (C=O) groups is 1. The fraction of sp³-hybridized carbons (Fsp3) is 0.600. The number of hydrogen-bond acceptors (Lipinski definition) is 2. The summed E-state index contributed by atoms with van der Waals surface area (Å²) in [6, 6.07) is 0. The maximum absolute atomic E-state index is 11.6. The highest BCUT2D eigenvalue weighted by atomic mass is 32.1. The van der Waals surface area contributed by atoms with Gasteiger partial charge >= 0.3 is 0 Å². The van der Waals surface area contributed by atoms with Crippen LogP contribution in [0.15, 0.2) is 11.8 Å². The number of carbonyl (C=O) groups excluding carboxylic acids is 1. The van der Waals surface area contributed by atoms with Crippen molar-refractivity contribution < 1.29 is 4.79 Å². The number of nitrogens with one attached hydrogen (secondary N) is 1. The Morgan fingerprint density at radius 1 is 1.50 bits per heavy atom. The number of likely N-dealkylation sites (N-methyl/N-ethyl adjacent to an activating group) is 1. The number of amides is 1. The van der Waals surface area contributed by atoms with E-state index >= 15 is 0 Å². The summed E-state index contributed by atoms with van der Waals surface area (Å²) in [6.45, 7) is 4.68. The number of allylic oxidation sites excluding steroid dienone is 1. The van der Waals surface area contributed by atoms with Crippen molar-refractivity contribution in [2.75, 3.05) is 6.54 Å². The van der Waals surface area contributed by atoms with Gasteiger partial charge in [-0.05, 0) is 32.0 Å². The summed E-state index contributed by atoms with van der Waals surface area (Å²) in [7, 11) is 0. The zero-order valence-electron chi connectivity index (χ0n) is 8.67. The Morgan fingerprint density at radius 3 is 2.71 bits per heavy atom. The van der Waals surface area contributed by atoms with Crippen molar-refractivity contribution in [3.63, 3.8) is 0 Å². The molecule has 78 valence electrons. The quantitative estimate of drug-likeness (QED) is 0.438. The highest BCUT2D eigenvalue weighted by Gasteiger charge is 2.28. The summed E-state index contributed by atoms with van der Waals surface area (Å²) in [4.78, 5) is 13.2. The summed E-state index contributed by atoms with van der Waals surface area (Å²) in [6.07, 6.45) is 5.12. The van der Waals surface area contributed by atoms with Crippen LogP contribution >= 0.6 is 12.2 Å². The number of hydrogen-bond donors (Lipinski definition) is 1. The minimum Gasteiger partial charge on any atom is -0.328 e. The summed E-state index contributed by atoms with van der Waals surface area (Å²) < 4.78 is 0. The maximum Gasteiger partial charge on any atom is 0.276 e. The molecule has 1 amide bonds. The lowest BCUT2D eigenvalue weighted by Gasteiger charge is -2.08. The second-order valence-electron chi connectivity index (χ2n) is 3.24. The van der Waals surface area contributed by atoms with Crippen LogP contribution in [0, 0.1) is 0 Å². The van der Waals surface area contributed by atoms with E-state index in [1.165, 1.54) is 0 Å². The van der Waals surface area contributed by atoms with E-state index in [1.807, 2.05) is 13.0 Å². The molecule has 1 aliphatic heterocycles. The normalized spacial score (nSPS) is 19.3. The number of nitrogens with zero attached hydrogens (tertiary/aromatic N) is 1. The van der Waals surface area contributed by atoms with Crippen LogP contribution < -0.4 is 5.32 Å². The molecular weight excluding hydrogens is 196 g/mol. The van der Waals surface area contributed by atoms with Gasteiger partial charge in [-0.25, -0.2) is 0 Å². The molecule has 0 aromatic rings. The van der Waals surface area contributed by atoms with Gasteiger partial charge in [-0.15, -0.1) is 0 Å². The lowest BCUT2D eigenvalue weighted by Crippen LogP contribution is -2.30. The first-order valence-corrected chi connectivity index (χ1v) is 5.44. The van der Waals surface area contributed by atoms with Crippen molar-refractivity contribution in [1.82, 2.24) is 10.2 Å². The van der Waals surface area contributed by atoms with E-state index in [-0.39, 0.29) is 5.91 Å². The smallest absolute Gasteiger partial charge is 0.276 e. The Hall–Kier alpha value is -0.900. The van der Waals surface area contributed by atoms with Crippen LogP contribution in [-0.4, -0.2) is 22.5 Å². The number of thiocarbonyl (C=S) groups is 1. The fourth-order valence-electron chi connectivity index (χ4n) is 1.35. The molecule has 0 aromatic carbocycles. The lowest BCUT2D eigenvalue weighted by molar-refractivity contribution is -0.122. The maximum atomic E-state index is 11.6. The van der Waals surface area contributed by atoms with Gasteiger partial charge in [0.15, 0.2) is 5.11 Å². The Balaban J connectivity index is 2.61. The summed E-state index contributed by atoms with van der Waals surface area (Å²) >= 11 is 5.03. The van der Waals surface area contributed by atoms with Crippen LogP contribution in [0.5, 0.6) is 0 Å². The van der Waals surface area contributed by atoms with Crippen LogP contribution in [0.3, 0.4) is 0 Å². The highest BCUT2D eigenvalue weighted by molar-refractivity contribution is 7.80. The van der Waals surface area contributed by atoms with Gasteiger partial charge in [0.05, 0.1) is 0 Å². The second-order valence-corrected chi connectivity index (χ2v) is 3.63. The lowest BCUT2D eigenvalue weighted by atomic mass is 10.2. The van der Waals surface area contributed by atoms with Crippen molar-refractivity contribution in [2.45, 2.75) is 33.1 Å². The van der Waals surface area contributed by atoms with Gasteiger partial charge in [-0.3, -0.25) is 9.69 Å². The second kappa shape index (κ2) is 5.10. The molecule has 1 aliphatic rings. The van der Waals surface area contributed by atoms with Gasteiger partial charge in [0, 0.05) is 6.54 Å². The molecule has 0 saturated carbocycles. The van der Waals surface area contributed by atoms with Gasteiger partial charge in [0.2, 0.25) is 0 Å². The average molecular weight is 212 g/mol. The highest BCUT2D eigenvalue weighted by Crippen LogP contribution is 2.10. The van der Waals surface area contributed by atoms with Crippen LogP contribution in [0.25, 0.3) is 0 Å². The van der Waals surface area contributed by atoms with Gasteiger partial charge in [0.25, 0.3) is 5.91 Å². The van der Waals surface area contributed by atoms with Crippen LogP contribution in [0.2, 0.25) is 0 Å². The molecule has 1 N–H and O–H groups in total. The minimum atomic E-state index is 0.00797. The molecule has 14 heavy (non-hydrogen) atoms. The third-order valence-electron chi connectivity index (χ3n) is 2.18. The van der Waals surface area contributed by atoms with Gasteiger partial charge in [0.1, 0.15) is 5.70 Å². The first-order chi connectivity index (χ1) is 6.70. The SMILES string of the molecule is CCCC/C=C1/NC(=S)N(CC)C1=O. The van der Waals surface area contributed by atoms with Crippen LogP contribution in [0.4, 0.5) is 0 Å². The molecule has 0 radical (unpaired) electrons. The first kappa shape index (κ1) is 11.2. The van der Waals surface area contributed by atoms with Gasteiger partial charge in [-0.2, -0.15) is 0 Å². The van der Waals surface area contributed by atoms with Gasteiger partial charge < -0.3 is 5.32 Å². The predicted molar refractivity (Wildman–Crippen MR) is 60.7 cm³/mol. The molecule has 0 unspecified atom stereocenters. The first-order valence-electron chi connectivity index (χ1n) is 5.03. The van der Waals surface area contributed by atoms with E-state index in [4.69, 9.17) is 12.2 Å². The molecule has 1 rings (SSSR count). The Labute approximate surface area is 90.2 Å². The van der Waals surface area contributed by atoms with E-state index in [1.54, 1.807) is 4.90 Å². The number of rotatable bonds is 4. The molecule has 3 nitrogen and oxygen atoms in total. The molecule has 0 aliphatic carbocycles. The third-order valence-corrected chi connectivity index (χ3v) is 2.51. The molecule has 1 heterocycles. The Bertz CT molecular complexity index is 273. The Morgan fingerprint density at radius 2 is 2.21 bits per heavy atom. The summed E-state index contributed by atoms with van der Waals surface area (Å²) in [5.74, 6) is 0.00797. The van der Waals surface area contributed by atoms with Gasteiger partial charge in [-0.1, -0.05) is 19.4 Å². The molecule has 1 saturated heterocycles. The molecule has 0 atom stereocenters. The topological polar surface area (TPSA) is 32.3 Å².